The molecule has 1 aliphatic heterocycles. The van der Waals surface area contributed by atoms with Gasteiger partial charge in [-0.25, -0.2) is 4.98 Å². The van der Waals surface area contributed by atoms with E-state index in [-0.39, 0.29) is 0 Å². The molecule has 3 rings (SSSR count). The molecule has 0 saturated carbocycles. The van der Waals surface area contributed by atoms with E-state index in [1.165, 1.54) is 12.8 Å². The summed E-state index contributed by atoms with van der Waals surface area (Å²) >= 11 is 12.3. The van der Waals surface area contributed by atoms with Gasteiger partial charge in [-0.05, 0) is 25.5 Å². The Bertz CT molecular complexity index is 574. The lowest BCUT2D eigenvalue weighted by Gasteiger charge is -2.21. The van der Waals surface area contributed by atoms with Gasteiger partial charge in [0.25, 0.3) is 0 Å². The van der Waals surface area contributed by atoms with E-state index in [9.17, 15) is 0 Å². The Morgan fingerprint density at radius 2 is 2.11 bits per heavy atom. The number of benzene rings is 1. The van der Waals surface area contributed by atoms with Crippen molar-refractivity contribution in [1.29, 1.82) is 0 Å². The summed E-state index contributed by atoms with van der Waals surface area (Å²) in [5.41, 5.74) is 1.80. The van der Waals surface area contributed by atoms with Crippen LogP contribution in [0.25, 0.3) is 11.3 Å². The predicted octanol–water partition coefficient (Wildman–Crippen LogP) is 4.20. The maximum Gasteiger partial charge on any atom is 0.123 e. The van der Waals surface area contributed by atoms with Crippen molar-refractivity contribution in [3.63, 3.8) is 0 Å². The van der Waals surface area contributed by atoms with E-state index in [0.717, 1.165) is 30.0 Å². The predicted molar refractivity (Wildman–Crippen MR) is 78.6 cm³/mol. The van der Waals surface area contributed by atoms with Crippen LogP contribution in [0.4, 0.5) is 0 Å². The van der Waals surface area contributed by atoms with Crippen molar-refractivity contribution < 1.29 is 0 Å². The van der Waals surface area contributed by atoms with Crippen molar-refractivity contribution in [1.82, 2.24) is 15.3 Å². The van der Waals surface area contributed by atoms with Crippen LogP contribution in [0.5, 0.6) is 0 Å². The van der Waals surface area contributed by atoms with Crippen LogP contribution in [0.1, 0.15) is 31.1 Å². The monoisotopic (exact) mass is 295 g/mol. The maximum absolute atomic E-state index is 6.23. The fourth-order valence-electron chi connectivity index (χ4n) is 2.45. The summed E-state index contributed by atoms with van der Waals surface area (Å²) in [6.07, 6.45) is 5.43. The van der Waals surface area contributed by atoms with Gasteiger partial charge < -0.3 is 10.3 Å². The lowest BCUT2D eigenvalue weighted by molar-refractivity contribution is 0.399. The molecule has 0 spiro atoms. The Morgan fingerprint density at radius 1 is 1.21 bits per heavy atom. The van der Waals surface area contributed by atoms with Crippen molar-refractivity contribution in [2.45, 2.75) is 25.3 Å². The molecule has 1 aromatic heterocycles. The molecule has 0 amide bonds. The standard InChI is InChI=1S/C14H15Cl2N3/c15-10-5-3-4-9(13(10)16)12-8-18-14(19-12)11-6-1-2-7-17-11/h3-5,8,11,17H,1-2,6-7H2,(H,18,19). The normalized spacial score (nSPS) is 19.6. The Morgan fingerprint density at radius 3 is 2.89 bits per heavy atom. The van der Waals surface area contributed by atoms with Gasteiger partial charge in [-0.1, -0.05) is 41.8 Å². The van der Waals surface area contributed by atoms with Gasteiger partial charge in [-0.3, -0.25) is 0 Å². The number of H-pyrrole nitrogens is 1. The molecule has 0 radical (unpaired) electrons. The lowest BCUT2D eigenvalue weighted by atomic mass is 10.0. The van der Waals surface area contributed by atoms with Gasteiger partial charge in [0.15, 0.2) is 0 Å². The molecular formula is C14H15Cl2N3. The maximum atomic E-state index is 6.23. The summed E-state index contributed by atoms with van der Waals surface area (Å²) in [7, 11) is 0. The molecule has 3 nitrogen and oxygen atoms in total. The minimum absolute atomic E-state index is 0.320. The number of halogens is 2. The number of aromatic nitrogens is 2. The minimum atomic E-state index is 0.320. The van der Waals surface area contributed by atoms with Crippen LogP contribution in [-0.4, -0.2) is 16.5 Å². The number of nitrogens with zero attached hydrogens (tertiary/aromatic N) is 1. The largest absolute Gasteiger partial charge is 0.341 e. The highest BCUT2D eigenvalue weighted by Gasteiger charge is 2.18. The van der Waals surface area contributed by atoms with E-state index in [2.05, 4.69) is 15.3 Å². The number of imidazole rings is 1. The molecule has 100 valence electrons. The first-order valence-electron chi connectivity index (χ1n) is 6.48. The molecule has 5 heteroatoms. The topological polar surface area (TPSA) is 40.7 Å². The summed E-state index contributed by atoms with van der Waals surface area (Å²) in [6.45, 7) is 1.05. The molecular weight excluding hydrogens is 281 g/mol. The molecule has 1 aromatic carbocycles. The van der Waals surface area contributed by atoms with Crippen molar-refractivity contribution in [3.05, 3.63) is 40.3 Å². The van der Waals surface area contributed by atoms with E-state index < -0.39 is 0 Å². The van der Waals surface area contributed by atoms with Crippen molar-refractivity contribution in [2.24, 2.45) is 0 Å². The fourth-order valence-corrected chi connectivity index (χ4v) is 2.85. The van der Waals surface area contributed by atoms with Crippen LogP contribution in [0.3, 0.4) is 0 Å². The molecule has 1 unspecified atom stereocenters. The average Bonchev–Trinajstić information content (AvgIpc) is 2.92. The fraction of sp³-hybridized carbons (Fsp3) is 0.357. The summed E-state index contributed by atoms with van der Waals surface area (Å²) in [5, 5.41) is 4.60. The van der Waals surface area contributed by atoms with Crippen LogP contribution in [0.2, 0.25) is 10.0 Å². The van der Waals surface area contributed by atoms with Gasteiger partial charge in [-0.15, -0.1) is 0 Å². The number of hydrogen-bond acceptors (Lipinski definition) is 2. The molecule has 2 aromatic rings. The second-order valence-corrected chi connectivity index (χ2v) is 5.57. The quantitative estimate of drug-likeness (QED) is 0.872. The summed E-state index contributed by atoms with van der Waals surface area (Å²) in [5.74, 6) is 0.978. The summed E-state index contributed by atoms with van der Waals surface area (Å²) in [4.78, 5) is 7.82. The third-order valence-corrected chi connectivity index (χ3v) is 4.30. The number of piperidine rings is 1. The van der Waals surface area contributed by atoms with Gasteiger partial charge in [0.1, 0.15) is 5.82 Å². The minimum Gasteiger partial charge on any atom is -0.341 e. The van der Waals surface area contributed by atoms with Crippen LogP contribution >= 0.6 is 23.2 Å². The number of aromatic amines is 1. The summed E-state index contributed by atoms with van der Waals surface area (Å²) < 4.78 is 0. The van der Waals surface area contributed by atoms with Crippen molar-refractivity contribution in [3.8, 4) is 11.3 Å². The van der Waals surface area contributed by atoms with E-state index >= 15 is 0 Å². The zero-order valence-electron chi connectivity index (χ0n) is 10.4. The summed E-state index contributed by atoms with van der Waals surface area (Å²) in [6, 6.07) is 5.94. The SMILES string of the molecule is Clc1cccc(-c2cnc(C3CCCCN3)[nH]2)c1Cl. The van der Waals surface area contributed by atoms with E-state index in [0.29, 0.717) is 16.1 Å². The zero-order valence-corrected chi connectivity index (χ0v) is 11.9. The van der Waals surface area contributed by atoms with Crippen LogP contribution in [0.15, 0.2) is 24.4 Å². The number of rotatable bonds is 2. The molecule has 19 heavy (non-hydrogen) atoms. The average molecular weight is 296 g/mol. The second kappa shape index (κ2) is 5.53. The molecule has 1 fully saturated rings. The van der Waals surface area contributed by atoms with Gasteiger partial charge in [0, 0.05) is 5.56 Å². The lowest BCUT2D eigenvalue weighted by Crippen LogP contribution is -2.27. The van der Waals surface area contributed by atoms with Crippen LogP contribution in [0, 0.1) is 0 Å². The molecule has 1 aliphatic rings. The number of hydrogen-bond donors (Lipinski definition) is 2. The Balaban J connectivity index is 1.90. The van der Waals surface area contributed by atoms with Gasteiger partial charge >= 0.3 is 0 Å². The smallest absolute Gasteiger partial charge is 0.123 e. The second-order valence-electron chi connectivity index (χ2n) is 4.79. The molecule has 0 bridgehead atoms. The Kier molecular flexibility index (Phi) is 3.78. The van der Waals surface area contributed by atoms with Crippen molar-refractivity contribution >= 4 is 23.2 Å². The first-order chi connectivity index (χ1) is 9.25. The molecule has 0 aliphatic carbocycles. The van der Waals surface area contributed by atoms with Crippen LogP contribution in [-0.2, 0) is 0 Å². The molecule has 2 N–H and O–H groups in total. The van der Waals surface area contributed by atoms with Gasteiger partial charge in [0.05, 0.1) is 28.0 Å². The van der Waals surface area contributed by atoms with E-state index in [1.807, 2.05) is 18.3 Å². The highest BCUT2D eigenvalue weighted by Crippen LogP contribution is 2.33. The van der Waals surface area contributed by atoms with Crippen molar-refractivity contribution in [2.75, 3.05) is 6.54 Å². The van der Waals surface area contributed by atoms with E-state index in [1.54, 1.807) is 6.07 Å². The van der Waals surface area contributed by atoms with E-state index in [4.69, 9.17) is 23.2 Å². The van der Waals surface area contributed by atoms with Crippen LogP contribution < -0.4 is 5.32 Å². The third-order valence-electron chi connectivity index (χ3n) is 3.48. The Hall–Kier alpha value is -1.03. The van der Waals surface area contributed by atoms with Gasteiger partial charge in [-0.2, -0.15) is 0 Å². The first kappa shape index (κ1) is 13.0. The number of nitrogens with one attached hydrogen (secondary N) is 2. The first-order valence-corrected chi connectivity index (χ1v) is 7.24. The highest BCUT2D eigenvalue weighted by atomic mass is 35.5. The molecule has 1 saturated heterocycles. The Labute approximate surface area is 122 Å². The third kappa shape index (κ3) is 2.64. The highest BCUT2D eigenvalue weighted by molar-refractivity contribution is 6.43. The molecule has 2 heterocycles. The zero-order chi connectivity index (χ0) is 13.2. The molecule has 1 atom stereocenters. The van der Waals surface area contributed by atoms with Gasteiger partial charge in [0.2, 0.25) is 0 Å².